The van der Waals surface area contributed by atoms with E-state index in [0.29, 0.717) is 13.0 Å². The molecule has 1 aliphatic heterocycles. The zero-order chi connectivity index (χ0) is 18.0. The summed E-state index contributed by atoms with van der Waals surface area (Å²) in [5.74, 6) is 0.778. The first-order valence-electron chi connectivity index (χ1n) is 8.33. The molecular weight excluding hydrogens is 316 g/mol. The molecule has 1 aliphatic rings. The van der Waals surface area contributed by atoms with E-state index in [-0.39, 0.29) is 17.9 Å². The quantitative estimate of drug-likeness (QED) is 0.864. The van der Waals surface area contributed by atoms with Gasteiger partial charge in [-0.1, -0.05) is 24.3 Å². The molecule has 0 saturated carbocycles. The topological polar surface area (TPSA) is 49.9 Å². The van der Waals surface area contributed by atoms with E-state index in [9.17, 15) is 9.59 Å². The molecule has 1 heterocycles. The molecule has 0 saturated heterocycles. The molecule has 0 spiro atoms. The van der Waals surface area contributed by atoms with Crippen molar-refractivity contribution in [2.75, 3.05) is 23.5 Å². The molecule has 0 fully saturated rings. The number of hydrogen-bond donors (Lipinski definition) is 0. The van der Waals surface area contributed by atoms with Gasteiger partial charge in [-0.3, -0.25) is 9.59 Å². The van der Waals surface area contributed by atoms with Crippen molar-refractivity contribution in [3.63, 3.8) is 0 Å². The molecule has 1 atom stereocenters. The zero-order valence-electron chi connectivity index (χ0n) is 14.7. The number of para-hydroxylation sites is 2. The number of nitrogens with zero attached hydrogens (tertiary/aromatic N) is 2. The Labute approximate surface area is 147 Å². The first-order valence-corrected chi connectivity index (χ1v) is 8.33. The summed E-state index contributed by atoms with van der Waals surface area (Å²) in [5.41, 5.74) is 2.51. The van der Waals surface area contributed by atoms with Crippen molar-refractivity contribution in [1.82, 2.24) is 0 Å². The van der Waals surface area contributed by atoms with Crippen LogP contribution in [0, 0.1) is 0 Å². The van der Waals surface area contributed by atoms with Crippen LogP contribution < -0.4 is 14.5 Å². The number of amides is 2. The third kappa shape index (κ3) is 3.36. The summed E-state index contributed by atoms with van der Waals surface area (Å²) < 4.78 is 5.15. The fourth-order valence-corrected chi connectivity index (χ4v) is 3.31. The summed E-state index contributed by atoms with van der Waals surface area (Å²) in [7, 11) is 1.62. The van der Waals surface area contributed by atoms with E-state index in [4.69, 9.17) is 4.74 Å². The minimum Gasteiger partial charge on any atom is -0.497 e. The largest absolute Gasteiger partial charge is 0.497 e. The number of benzene rings is 2. The minimum atomic E-state index is -0.0628. The number of methoxy groups -OCH3 is 1. The van der Waals surface area contributed by atoms with E-state index in [0.717, 1.165) is 22.7 Å². The molecule has 0 unspecified atom stereocenters. The minimum absolute atomic E-state index is 0.0118. The Kier molecular flexibility index (Phi) is 4.74. The van der Waals surface area contributed by atoms with E-state index >= 15 is 0 Å². The highest BCUT2D eigenvalue weighted by Crippen LogP contribution is 2.35. The smallest absolute Gasteiger partial charge is 0.231 e. The van der Waals surface area contributed by atoms with Gasteiger partial charge in [-0.2, -0.15) is 0 Å². The standard InChI is InChI=1S/C20H22N2O3/c1-14-13-21(18-6-4-5-7-19(18)22(14)15(2)23)20(24)12-16-8-10-17(25-3)11-9-16/h4-11,14H,12-13H2,1-3H3/t14-/m0/s1. The van der Waals surface area contributed by atoms with Gasteiger partial charge >= 0.3 is 0 Å². The Morgan fingerprint density at radius 3 is 2.32 bits per heavy atom. The number of carbonyl (C=O) groups excluding carboxylic acids is 2. The van der Waals surface area contributed by atoms with Gasteiger partial charge in [0.25, 0.3) is 0 Å². The average molecular weight is 338 g/mol. The summed E-state index contributed by atoms with van der Waals surface area (Å²) in [6.07, 6.45) is 0.311. The van der Waals surface area contributed by atoms with Crippen molar-refractivity contribution in [1.29, 1.82) is 0 Å². The second-order valence-corrected chi connectivity index (χ2v) is 6.26. The number of anilines is 2. The molecule has 2 amide bonds. The molecule has 130 valence electrons. The van der Waals surface area contributed by atoms with Gasteiger partial charge in [0.2, 0.25) is 11.8 Å². The van der Waals surface area contributed by atoms with Gasteiger partial charge in [-0.05, 0) is 36.8 Å². The molecule has 3 rings (SSSR count). The number of ether oxygens (including phenoxy) is 1. The third-order valence-electron chi connectivity index (χ3n) is 4.47. The van der Waals surface area contributed by atoms with Crippen LogP contribution in [-0.4, -0.2) is 31.5 Å². The Morgan fingerprint density at radius 2 is 1.72 bits per heavy atom. The van der Waals surface area contributed by atoms with Crippen molar-refractivity contribution in [3.05, 3.63) is 54.1 Å². The van der Waals surface area contributed by atoms with Gasteiger partial charge in [0.15, 0.2) is 0 Å². The molecule has 0 N–H and O–H groups in total. The molecule has 0 aliphatic carbocycles. The third-order valence-corrected chi connectivity index (χ3v) is 4.47. The first-order chi connectivity index (χ1) is 12.0. The van der Waals surface area contributed by atoms with Crippen molar-refractivity contribution < 1.29 is 14.3 Å². The molecule has 0 radical (unpaired) electrons. The number of fused-ring (bicyclic) bond motifs is 1. The van der Waals surface area contributed by atoms with Crippen LogP contribution in [0.2, 0.25) is 0 Å². The van der Waals surface area contributed by atoms with Crippen LogP contribution in [0.4, 0.5) is 11.4 Å². The lowest BCUT2D eigenvalue weighted by atomic mass is 10.1. The summed E-state index contributed by atoms with van der Waals surface area (Å²) >= 11 is 0. The van der Waals surface area contributed by atoms with Crippen molar-refractivity contribution in [2.24, 2.45) is 0 Å². The Hall–Kier alpha value is -2.82. The zero-order valence-corrected chi connectivity index (χ0v) is 14.7. The highest BCUT2D eigenvalue weighted by molar-refractivity contribution is 6.04. The van der Waals surface area contributed by atoms with E-state index in [2.05, 4.69) is 0 Å². The summed E-state index contributed by atoms with van der Waals surface area (Å²) in [4.78, 5) is 28.4. The van der Waals surface area contributed by atoms with E-state index < -0.39 is 0 Å². The Bertz CT molecular complexity index is 786. The van der Waals surface area contributed by atoms with Gasteiger partial charge in [-0.25, -0.2) is 0 Å². The van der Waals surface area contributed by atoms with E-state index in [1.165, 1.54) is 0 Å². The SMILES string of the molecule is COc1ccc(CC(=O)N2C[C@H](C)N(C(C)=O)c3ccccc32)cc1. The fourth-order valence-electron chi connectivity index (χ4n) is 3.31. The Balaban J connectivity index is 1.87. The first kappa shape index (κ1) is 17.0. The summed E-state index contributed by atoms with van der Waals surface area (Å²) in [6.45, 7) is 4.01. The van der Waals surface area contributed by atoms with Crippen LogP contribution in [0.3, 0.4) is 0 Å². The summed E-state index contributed by atoms with van der Waals surface area (Å²) in [5, 5.41) is 0. The highest BCUT2D eigenvalue weighted by atomic mass is 16.5. The second kappa shape index (κ2) is 6.97. The van der Waals surface area contributed by atoms with Gasteiger partial charge < -0.3 is 14.5 Å². The predicted molar refractivity (Wildman–Crippen MR) is 98.1 cm³/mol. The number of carbonyl (C=O) groups is 2. The van der Waals surface area contributed by atoms with Crippen molar-refractivity contribution in [2.45, 2.75) is 26.3 Å². The Morgan fingerprint density at radius 1 is 1.08 bits per heavy atom. The second-order valence-electron chi connectivity index (χ2n) is 6.26. The van der Waals surface area contributed by atoms with E-state index in [1.54, 1.807) is 23.8 Å². The molecule has 5 nitrogen and oxygen atoms in total. The lowest BCUT2D eigenvalue weighted by Gasteiger charge is -2.40. The van der Waals surface area contributed by atoms with Gasteiger partial charge in [0.05, 0.1) is 30.9 Å². The van der Waals surface area contributed by atoms with Crippen LogP contribution in [0.1, 0.15) is 19.4 Å². The molecular formula is C20H22N2O3. The highest BCUT2D eigenvalue weighted by Gasteiger charge is 2.32. The molecule has 0 aromatic heterocycles. The molecule has 2 aromatic carbocycles. The maximum Gasteiger partial charge on any atom is 0.231 e. The monoisotopic (exact) mass is 338 g/mol. The van der Waals surface area contributed by atoms with Crippen LogP contribution >= 0.6 is 0 Å². The lowest BCUT2D eigenvalue weighted by molar-refractivity contribution is -0.119. The summed E-state index contributed by atoms with van der Waals surface area (Å²) in [6, 6.07) is 15.0. The van der Waals surface area contributed by atoms with Crippen molar-refractivity contribution >= 4 is 23.2 Å². The van der Waals surface area contributed by atoms with Crippen LogP contribution in [0.25, 0.3) is 0 Å². The van der Waals surface area contributed by atoms with Crippen molar-refractivity contribution in [3.8, 4) is 5.75 Å². The lowest BCUT2D eigenvalue weighted by Crippen LogP contribution is -2.51. The molecule has 0 bridgehead atoms. The van der Waals surface area contributed by atoms with E-state index in [1.807, 2.05) is 55.5 Å². The maximum atomic E-state index is 12.9. The van der Waals surface area contributed by atoms with Crippen LogP contribution in [0.5, 0.6) is 5.75 Å². The number of rotatable bonds is 3. The molecule has 25 heavy (non-hydrogen) atoms. The van der Waals surface area contributed by atoms with Gasteiger partial charge in [-0.15, -0.1) is 0 Å². The normalized spacial score (nSPS) is 16.4. The van der Waals surface area contributed by atoms with Crippen LogP contribution in [0.15, 0.2) is 48.5 Å². The maximum absolute atomic E-state index is 12.9. The molecule has 2 aromatic rings. The molecule has 5 heteroatoms. The van der Waals surface area contributed by atoms with Crippen LogP contribution in [-0.2, 0) is 16.0 Å². The predicted octanol–water partition coefficient (Wildman–Crippen LogP) is 3.03. The van der Waals surface area contributed by atoms with Gasteiger partial charge in [0.1, 0.15) is 5.75 Å². The fraction of sp³-hybridized carbons (Fsp3) is 0.300. The average Bonchev–Trinajstić information content (AvgIpc) is 2.61. The number of hydrogen-bond acceptors (Lipinski definition) is 3. The van der Waals surface area contributed by atoms with Gasteiger partial charge in [0, 0.05) is 13.5 Å².